The van der Waals surface area contributed by atoms with Crippen molar-refractivity contribution in [3.63, 3.8) is 0 Å². The van der Waals surface area contributed by atoms with Gasteiger partial charge >= 0.3 is 0 Å². The number of anilines is 1. The summed E-state index contributed by atoms with van der Waals surface area (Å²) in [4.78, 5) is 39.2. The lowest BCUT2D eigenvalue weighted by molar-refractivity contribution is 0.0640. The fourth-order valence-corrected chi connectivity index (χ4v) is 3.27. The van der Waals surface area contributed by atoms with Crippen molar-refractivity contribution in [3.05, 3.63) is 101 Å². The van der Waals surface area contributed by atoms with Gasteiger partial charge in [0.2, 0.25) is 0 Å². The molecule has 1 N–H and O–H groups in total. The van der Waals surface area contributed by atoms with Gasteiger partial charge in [-0.25, -0.2) is 0 Å². The van der Waals surface area contributed by atoms with E-state index in [1.165, 1.54) is 4.90 Å². The van der Waals surface area contributed by atoms with Crippen molar-refractivity contribution in [1.29, 1.82) is 0 Å². The third-order valence-corrected chi connectivity index (χ3v) is 4.78. The second-order valence-corrected chi connectivity index (χ2v) is 6.72. The molecule has 4 rings (SSSR count). The van der Waals surface area contributed by atoms with Crippen LogP contribution in [0.15, 0.2) is 72.8 Å². The molecule has 0 saturated heterocycles. The van der Waals surface area contributed by atoms with Crippen LogP contribution in [-0.4, -0.2) is 22.6 Å². The van der Waals surface area contributed by atoms with E-state index in [1.807, 2.05) is 31.2 Å². The summed E-state index contributed by atoms with van der Waals surface area (Å²) in [6.07, 6.45) is 0. The molecule has 5 heteroatoms. The SMILES string of the molecule is Cc1ccc(NC(=O)c2ccccc2CN2C(=O)c3ccccc3C2=O)cc1. The van der Waals surface area contributed by atoms with Crippen LogP contribution >= 0.6 is 0 Å². The molecule has 138 valence electrons. The van der Waals surface area contributed by atoms with Crippen LogP contribution < -0.4 is 5.32 Å². The number of nitrogens with zero attached hydrogens (tertiary/aromatic N) is 1. The minimum Gasteiger partial charge on any atom is -0.322 e. The van der Waals surface area contributed by atoms with E-state index < -0.39 is 0 Å². The first-order valence-electron chi connectivity index (χ1n) is 8.96. The Bertz CT molecular complexity index is 1050. The Hall–Kier alpha value is -3.73. The smallest absolute Gasteiger partial charge is 0.261 e. The lowest BCUT2D eigenvalue weighted by Crippen LogP contribution is -2.30. The number of aryl methyl sites for hydroxylation is 1. The number of amides is 3. The molecule has 0 spiro atoms. The molecule has 0 aromatic heterocycles. The van der Waals surface area contributed by atoms with E-state index in [4.69, 9.17) is 0 Å². The lowest BCUT2D eigenvalue weighted by atomic mass is 10.1. The van der Waals surface area contributed by atoms with Crippen LogP contribution in [0.3, 0.4) is 0 Å². The number of hydrogen-bond acceptors (Lipinski definition) is 3. The monoisotopic (exact) mass is 370 g/mol. The Balaban J connectivity index is 1.59. The molecule has 1 aliphatic rings. The van der Waals surface area contributed by atoms with Crippen LogP contribution in [0.1, 0.15) is 42.2 Å². The van der Waals surface area contributed by atoms with Gasteiger partial charge in [0.1, 0.15) is 0 Å². The van der Waals surface area contributed by atoms with Gasteiger partial charge in [-0.2, -0.15) is 0 Å². The Morgan fingerprint density at radius 2 is 1.39 bits per heavy atom. The molecule has 0 aliphatic carbocycles. The van der Waals surface area contributed by atoms with Crippen molar-refractivity contribution < 1.29 is 14.4 Å². The number of fused-ring (bicyclic) bond motifs is 1. The van der Waals surface area contributed by atoms with E-state index in [0.717, 1.165) is 5.56 Å². The lowest BCUT2D eigenvalue weighted by Gasteiger charge is -2.16. The van der Waals surface area contributed by atoms with E-state index in [-0.39, 0.29) is 24.3 Å². The number of imide groups is 1. The zero-order valence-corrected chi connectivity index (χ0v) is 15.3. The average molecular weight is 370 g/mol. The van der Waals surface area contributed by atoms with Crippen LogP contribution in [0.4, 0.5) is 5.69 Å². The third kappa shape index (κ3) is 3.18. The normalized spacial score (nSPS) is 12.8. The van der Waals surface area contributed by atoms with Crippen molar-refractivity contribution in [3.8, 4) is 0 Å². The van der Waals surface area contributed by atoms with Crippen molar-refractivity contribution >= 4 is 23.4 Å². The first kappa shape index (κ1) is 17.7. The van der Waals surface area contributed by atoms with Gasteiger partial charge in [-0.05, 0) is 42.8 Å². The molecule has 5 nitrogen and oxygen atoms in total. The highest BCUT2D eigenvalue weighted by Crippen LogP contribution is 2.25. The summed E-state index contributed by atoms with van der Waals surface area (Å²) in [5.41, 5.74) is 3.62. The Morgan fingerprint density at radius 3 is 2.04 bits per heavy atom. The molecule has 1 aliphatic heterocycles. The summed E-state index contributed by atoms with van der Waals surface area (Å²) in [6, 6.07) is 21.3. The zero-order chi connectivity index (χ0) is 19.7. The fourth-order valence-electron chi connectivity index (χ4n) is 3.27. The molecule has 0 radical (unpaired) electrons. The number of benzene rings is 3. The molecule has 0 atom stereocenters. The van der Waals surface area contributed by atoms with Crippen molar-refractivity contribution in [2.24, 2.45) is 0 Å². The summed E-state index contributed by atoms with van der Waals surface area (Å²) in [7, 11) is 0. The van der Waals surface area contributed by atoms with Crippen LogP contribution in [0.25, 0.3) is 0 Å². The largest absolute Gasteiger partial charge is 0.322 e. The molecular weight excluding hydrogens is 352 g/mol. The topological polar surface area (TPSA) is 66.5 Å². The van der Waals surface area contributed by atoms with E-state index in [1.54, 1.807) is 48.5 Å². The highest BCUT2D eigenvalue weighted by atomic mass is 16.2. The second kappa shape index (κ2) is 7.12. The Kier molecular flexibility index (Phi) is 4.49. The molecule has 3 amide bonds. The summed E-state index contributed by atoms with van der Waals surface area (Å²) in [5, 5.41) is 2.86. The van der Waals surface area contributed by atoms with E-state index >= 15 is 0 Å². The van der Waals surface area contributed by atoms with Gasteiger partial charge in [0.15, 0.2) is 0 Å². The molecular formula is C23H18N2O3. The number of nitrogens with one attached hydrogen (secondary N) is 1. The Morgan fingerprint density at radius 1 is 0.821 bits per heavy atom. The number of hydrogen-bond donors (Lipinski definition) is 1. The molecule has 3 aromatic rings. The predicted octanol–water partition coefficient (Wildman–Crippen LogP) is 4.04. The minimum atomic E-state index is -0.339. The first-order chi connectivity index (χ1) is 13.5. The summed E-state index contributed by atoms with van der Waals surface area (Å²) in [5.74, 6) is -0.959. The molecule has 0 saturated carbocycles. The molecule has 0 unspecified atom stereocenters. The van der Waals surface area contributed by atoms with Gasteiger partial charge in [-0.3, -0.25) is 19.3 Å². The first-order valence-corrected chi connectivity index (χ1v) is 8.96. The fraction of sp³-hybridized carbons (Fsp3) is 0.0870. The van der Waals surface area contributed by atoms with E-state index in [9.17, 15) is 14.4 Å². The quantitative estimate of drug-likeness (QED) is 0.705. The average Bonchev–Trinajstić information content (AvgIpc) is 2.95. The van der Waals surface area contributed by atoms with Crippen LogP contribution in [0.5, 0.6) is 0 Å². The van der Waals surface area contributed by atoms with Gasteiger partial charge in [0, 0.05) is 11.3 Å². The van der Waals surface area contributed by atoms with Crippen LogP contribution in [0, 0.1) is 6.92 Å². The van der Waals surface area contributed by atoms with E-state index in [0.29, 0.717) is 27.9 Å². The highest BCUT2D eigenvalue weighted by molar-refractivity contribution is 6.21. The number of carbonyl (C=O) groups is 3. The van der Waals surface area contributed by atoms with Gasteiger partial charge in [-0.1, -0.05) is 48.0 Å². The molecule has 1 heterocycles. The highest BCUT2D eigenvalue weighted by Gasteiger charge is 2.35. The van der Waals surface area contributed by atoms with Gasteiger partial charge in [0.25, 0.3) is 17.7 Å². The van der Waals surface area contributed by atoms with Gasteiger partial charge in [0.05, 0.1) is 17.7 Å². The molecule has 0 bridgehead atoms. The summed E-state index contributed by atoms with van der Waals surface area (Å²) >= 11 is 0. The number of rotatable bonds is 4. The second-order valence-electron chi connectivity index (χ2n) is 6.72. The van der Waals surface area contributed by atoms with Crippen molar-refractivity contribution in [2.45, 2.75) is 13.5 Å². The maximum atomic E-state index is 12.8. The van der Waals surface area contributed by atoms with Gasteiger partial charge < -0.3 is 5.32 Å². The number of carbonyl (C=O) groups excluding carboxylic acids is 3. The molecule has 0 fully saturated rings. The van der Waals surface area contributed by atoms with Crippen LogP contribution in [0.2, 0.25) is 0 Å². The zero-order valence-electron chi connectivity index (χ0n) is 15.3. The predicted molar refractivity (Wildman–Crippen MR) is 106 cm³/mol. The molecule has 28 heavy (non-hydrogen) atoms. The van der Waals surface area contributed by atoms with Crippen molar-refractivity contribution in [1.82, 2.24) is 4.90 Å². The minimum absolute atomic E-state index is 0.0455. The van der Waals surface area contributed by atoms with Crippen molar-refractivity contribution in [2.75, 3.05) is 5.32 Å². The standard InChI is InChI=1S/C23H18N2O3/c1-15-10-12-17(13-11-15)24-21(26)18-7-3-2-6-16(18)14-25-22(27)19-8-4-5-9-20(19)23(25)28/h2-13H,14H2,1H3,(H,24,26). The van der Waals surface area contributed by atoms with E-state index in [2.05, 4.69) is 5.32 Å². The maximum Gasteiger partial charge on any atom is 0.261 e. The molecule has 3 aromatic carbocycles. The van der Waals surface area contributed by atoms with Gasteiger partial charge in [-0.15, -0.1) is 0 Å². The van der Waals surface area contributed by atoms with Crippen LogP contribution in [-0.2, 0) is 6.54 Å². The summed E-state index contributed by atoms with van der Waals surface area (Å²) in [6.45, 7) is 2.02. The maximum absolute atomic E-state index is 12.8. The summed E-state index contributed by atoms with van der Waals surface area (Å²) < 4.78 is 0. The Labute approximate surface area is 162 Å². The third-order valence-electron chi connectivity index (χ3n) is 4.78.